The van der Waals surface area contributed by atoms with Gasteiger partial charge in [0.1, 0.15) is 11.6 Å². The molecule has 0 saturated carbocycles. The van der Waals surface area contributed by atoms with Crippen molar-refractivity contribution < 1.29 is 12.8 Å². The molecule has 20 heavy (non-hydrogen) atoms. The second-order valence-electron chi connectivity index (χ2n) is 4.77. The first-order valence-corrected chi connectivity index (χ1v) is 7.49. The van der Waals surface area contributed by atoms with E-state index in [0.717, 1.165) is 0 Å². The van der Waals surface area contributed by atoms with Crippen molar-refractivity contribution in [3.8, 4) is 0 Å². The molecule has 0 aliphatic rings. The van der Waals surface area contributed by atoms with Crippen LogP contribution in [-0.4, -0.2) is 18.2 Å². The SMILES string of the molecule is Cc1cc(NS(=O)(=O)c2c(C)cc(F)cc2C)n(C)n1. The highest BCUT2D eigenvalue weighted by atomic mass is 32.2. The maximum atomic E-state index is 13.3. The maximum Gasteiger partial charge on any atom is 0.263 e. The van der Waals surface area contributed by atoms with Crippen LogP contribution in [0.2, 0.25) is 0 Å². The van der Waals surface area contributed by atoms with E-state index in [9.17, 15) is 12.8 Å². The molecule has 1 aromatic heterocycles. The Morgan fingerprint density at radius 2 is 1.70 bits per heavy atom. The zero-order valence-electron chi connectivity index (χ0n) is 11.7. The third-order valence-electron chi connectivity index (χ3n) is 2.93. The van der Waals surface area contributed by atoms with Crippen LogP contribution >= 0.6 is 0 Å². The Bertz CT molecular complexity index is 743. The van der Waals surface area contributed by atoms with Gasteiger partial charge in [0, 0.05) is 13.1 Å². The van der Waals surface area contributed by atoms with Crippen LogP contribution in [-0.2, 0) is 17.1 Å². The Hall–Kier alpha value is -1.89. The van der Waals surface area contributed by atoms with Crippen molar-refractivity contribution >= 4 is 15.8 Å². The third kappa shape index (κ3) is 2.67. The first-order valence-electron chi connectivity index (χ1n) is 6.01. The average Bonchev–Trinajstić information content (AvgIpc) is 2.53. The number of hydrogen-bond acceptors (Lipinski definition) is 3. The van der Waals surface area contributed by atoms with Crippen LogP contribution in [0.15, 0.2) is 23.1 Å². The molecule has 2 aromatic rings. The summed E-state index contributed by atoms with van der Waals surface area (Å²) in [7, 11) is -2.13. The molecule has 0 fully saturated rings. The quantitative estimate of drug-likeness (QED) is 0.945. The molecule has 0 unspecified atom stereocenters. The number of benzene rings is 1. The van der Waals surface area contributed by atoms with Gasteiger partial charge in [-0.05, 0) is 44.0 Å². The highest BCUT2D eigenvalue weighted by Crippen LogP contribution is 2.24. The van der Waals surface area contributed by atoms with E-state index in [2.05, 4.69) is 9.82 Å². The monoisotopic (exact) mass is 297 g/mol. The molecule has 0 bridgehead atoms. The lowest BCUT2D eigenvalue weighted by Crippen LogP contribution is -2.17. The Kier molecular flexibility index (Phi) is 3.56. The Morgan fingerprint density at radius 3 is 2.15 bits per heavy atom. The van der Waals surface area contributed by atoms with Gasteiger partial charge in [0.2, 0.25) is 0 Å². The molecular formula is C13H16FN3O2S. The van der Waals surface area contributed by atoms with Gasteiger partial charge in [0.05, 0.1) is 10.6 Å². The molecule has 1 heterocycles. The molecule has 0 amide bonds. The molecule has 0 atom stereocenters. The zero-order valence-corrected chi connectivity index (χ0v) is 12.5. The summed E-state index contributed by atoms with van der Waals surface area (Å²) in [5.74, 6) is -0.0825. The van der Waals surface area contributed by atoms with E-state index >= 15 is 0 Å². The van der Waals surface area contributed by atoms with Gasteiger partial charge >= 0.3 is 0 Å². The van der Waals surface area contributed by atoms with Gasteiger partial charge in [-0.15, -0.1) is 0 Å². The fraction of sp³-hybridized carbons (Fsp3) is 0.308. The fourth-order valence-electron chi connectivity index (χ4n) is 2.22. The minimum Gasteiger partial charge on any atom is -0.264 e. The second kappa shape index (κ2) is 4.90. The number of aryl methyl sites for hydroxylation is 4. The molecule has 1 aromatic carbocycles. The standard InChI is InChI=1S/C13H16FN3O2S/c1-8-5-11(14)6-9(2)13(8)20(18,19)16-12-7-10(3)15-17(12)4/h5-7,16H,1-4H3. The molecule has 7 heteroatoms. The van der Waals surface area contributed by atoms with Gasteiger partial charge in [-0.1, -0.05) is 0 Å². The highest BCUT2D eigenvalue weighted by molar-refractivity contribution is 7.92. The topological polar surface area (TPSA) is 64.0 Å². The van der Waals surface area contributed by atoms with Gasteiger partial charge in [-0.3, -0.25) is 9.40 Å². The van der Waals surface area contributed by atoms with Crippen LogP contribution < -0.4 is 4.72 Å². The van der Waals surface area contributed by atoms with Crippen molar-refractivity contribution in [2.75, 3.05) is 4.72 Å². The number of halogens is 1. The normalized spacial score (nSPS) is 11.7. The van der Waals surface area contributed by atoms with Crippen molar-refractivity contribution in [1.29, 1.82) is 0 Å². The summed E-state index contributed by atoms with van der Waals surface area (Å²) >= 11 is 0. The molecule has 0 saturated heterocycles. The van der Waals surface area contributed by atoms with Gasteiger partial charge in [-0.25, -0.2) is 12.8 Å². The van der Waals surface area contributed by atoms with Crippen LogP contribution in [0.1, 0.15) is 16.8 Å². The summed E-state index contributed by atoms with van der Waals surface area (Å²) in [6.45, 7) is 4.91. The van der Waals surface area contributed by atoms with E-state index in [0.29, 0.717) is 22.6 Å². The van der Waals surface area contributed by atoms with E-state index in [-0.39, 0.29) is 4.90 Å². The lowest BCUT2D eigenvalue weighted by Gasteiger charge is -2.13. The Labute approximate surface area is 117 Å². The summed E-state index contributed by atoms with van der Waals surface area (Å²) in [6, 6.07) is 4.04. The van der Waals surface area contributed by atoms with E-state index in [1.54, 1.807) is 33.9 Å². The number of sulfonamides is 1. The summed E-state index contributed by atoms with van der Waals surface area (Å²) in [5.41, 5.74) is 1.44. The predicted octanol–water partition coefficient (Wildman–Crippen LogP) is 2.29. The minimum absolute atomic E-state index is 0.0951. The number of nitrogens with zero attached hydrogens (tertiary/aromatic N) is 2. The van der Waals surface area contributed by atoms with Gasteiger partial charge in [0.15, 0.2) is 0 Å². The van der Waals surface area contributed by atoms with Gasteiger partial charge in [-0.2, -0.15) is 5.10 Å². The molecule has 0 aliphatic carbocycles. The van der Waals surface area contributed by atoms with Crippen molar-refractivity contribution in [2.24, 2.45) is 7.05 Å². The fourth-order valence-corrected chi connectivity index (χ4v) is 3.75. The number of nitrogens with one attached hydrogen (secondary N) is 1. The number of aromatic nitrogens is 2. The predicted molar refractivity (Wildman–Crippen MR) is 74.6 cm³/mol. The van der Waals surface area contributed by atoms with Crippen LogP contribution in [0.3, 0.4) is 0 Å². The van der Waals surface area contributed by atoms with Crippen molar-refractivity contribution in [3.05, 3.63) is 40.8 Å². The lowest BCUT2D eigenvalue weighted by molar-refractivity contribution is 0.596. The molecule has 2 rings (SSSR count). The van der Waals surface area contributed by atoms with Crippen molar-refractivity contribution in [1.82, 2.24) is 9.78 Å². The van der Waals surface area contributed by atoms with Crippen LogP contribution in [0.5, 0.6) is 0 Å². The smallest absolute Gasteiger partial charge is 0.263 e. The molecule has 108 valence electrons. The number of hydrogen-bond donors (Lipinski definition) is 1. The summed E-state index contributed by atoms with van der Waals surface area (Å²) in [5, 5.41) is 4.08. The molecule has 0 spiro atoms. The summed E-state index contributed by atoms with van der Waals surface area (Å²) < 4.78 is 42.1. The van der Waals surface area contributed by atoms with Crippen LogP contribution in [0.25, 0.3) is 0 Å². The Morgan fingerprint density at radius 1 is 1.15 bits per heavy atom. The number of rotatable bonds is 3. The lowest BCUT2D eigenvalue weighted by atomic mass is 10.1. The first-order chi connectivity index (χ1) is 9.20. The molecule has 0 aliphatic heterocycles. The average molecular weight is 297 g/mol. The van der Waals surface area contributed by atoms with E-state index < -0.39 is 15.8 Å². The first kappa shape index (κ1) is 14.5. The summed E-state index contributed by atoms with van der Waals surface area (Å²) in [4.78, 5) is 0.0951. The molecular weight excluding hydrogens is 281 g/mol. The van der Waals surface area contributed by atoms with E-state index in [4.69, 9.17) is 0 Å². The van der Waals surface area contributed by atoms with Crippen molar-refractivity contribution in [2.45, 2.75) is 25.7 Å². The third-order valence-corrected chi connectivity index (χ3v) is 4.59. The van der Waals surface area contributed by atoms with Crippen LogP contribution in [0, 0.1) is 26.6 Å². The maximum absolute atomic E-state index is 13.3. The highest BCUT2D eigenvalue weighted by Gasteiger charge is 2.21. The van der Waals surface area contributed by atoms with Gasteiger partial charge in [0.25, 0.3) is 10.0 Å². The molecule has 1 N–H and O–H groups in total. The van der Waals surface area contributed by atoms with E-state index in [1.165, 1.54) is 16.8 Å². The number of anilines is 1. The molecule has 5 nitrogen and oxygen atoms in total. The second-order valence-corrected chi connectivity index (χ2v) is 6.39. The van der Waals surface area contributed by atoms with Gasteiger partial charge < -0.3 is 0 Å². The molecule has 0 radical (unpaired) electrons. The zero-order chi connectivity index (χ0) is 15.1. The largest absolute Gasteiger partial charge is 0.264 e. The van der Waals surface area contributed by atoms with Crippen LogP contribution in [0.4, 0.5) is 10.2 Å². The van der Waals surface area contributed by atoms with E-state index in [1.807, 2.05) is 0 Å². The summed E-state index contributed by atoms with van der Waals surface area (Å²) in [6.07, 6.45) is 0. The minimum atomic E-state index is -3.78. The van der Waals surface area contributed by atoms with Crippen molar-refractivity contribution in [3.63, 3.8) is 0 Å². The Balaban J connectivity index is 2.49.